The Morgan fingerprint density at radius 3 is 1.58 bits per heavy atom. The molecule has 1 aliphatic carbocycles. The molecular weight excluding hydrogens is 414 g/mol. The molecule has 1 aliphatic heterocycles. The molecule has 2 aliphatic rings. The lowest BCUT2D eigenvalue weighted by Crippen LogP contribution is -2.31. The van der Waals surface area contributed by atoms with Crippen molar-refractivity contribution in [2.45, 2.75) is 11.8 Å². The average Bonchev–Trinajstić information content (AvgIpc) is 3.14. The summed E-state index contributed by atoms with van der Waals surface area (Å²) >= 11 is 0. The Balaban J connectivity index is 1.58. The van der Waals surface area contributed by atoms with E-state index >= 15 is 0 Å². The lowest BCUT2D eigenvalue weighted by molar-refractivity contribution is -0.122. The van der Waals surface area contributed by atoms with Crippen molar-refractivity contribution in [2.75, 3.05) is 12.0 Å². The molecule has 3 aromatic carbocycles. The Hall–Kier alpha value is -3.99. The van der Waals surface area contributed by atoms with Gasteiger partial charge in [-0.1, -0.05) is 72.8 Å². The van der Waals surface area contributed by atoms with Gasteiger partial charge in [0, 0.05) is 11.8 Å². The summed E-state index contributed by atoms with van der Waals surface area (Å²) in [6.45, 7) is 0. The second-order valence-electron chi connectivity index (χ2n) is 8.36. The lowest BCUT2D eigenvalue weighted by atomic mass is 9.68. The third kappa shape index (κ3) is 3.55. The molecule has 0 unspecified atom stereocenters. The first-order valence-electron chi connectivity index (χ1n) is 10.9. The van der Waals surface area contributed by atoms with E-state index in [2.05, 4.69) is 12.2 Å². The molecule has 5 nitrogen and oxygen atoms in total. The van der Waals surface area contributed by atoms with Crippen LogP contribution in [-0.4, -0.2) is 24.9 Å². The van der Waals surface area contributed by atoms with E-state index in [0.717, 1.165) is 11.1 Å². The zero-order valence-corrected chi connectivity index (χ0v) is 18.1. The zero-order valence-electron chi connectivity index (χ0n) is 18.1. The maximum Gasteiger partial charge on any atom is 0.337 e. The zero-order chi connectivity index (χ0) is 22.9. The van der Waals surface area contributed by atoms with Gasteiger partial charge in [-0.3, -0.25) is 9.59 Å². The number of benzene rings is 3. The van der Waals surface area contributed by atoms with Crippen LogP contribution in [0.25, 0.3) is 0 Å². The highest BCUT2D eigenvalue weighted by molar-refractivity contribution is 6.23. The van der Waals surface area contributed by atoms with Crippen LogP contribution in [0.15, 0.2) is 97.1 Å². The molecule has 33 heavy (non-hydrogen) atoms. The maximum atomic E-state index is 13.8. The minimum Gasteiger partial charge on any atom is -0.465 e. The number of hydrogen-bond acceptors (Lipinski definition) is 4. The molecule has 1 saturated heterocycles. The van der Waals surface area contributed by atoms with Gasteiger partial charge < -0.3 is 4.74 Å². The topological polar surface area (TPSA) is 63.7 Å². The standard InChI is InChI=1S/C28H23NO4/c1-33-28(32)20-12-14-21(15-13-20)29-26(30)24-22(18-8-4-2-5-9-18)16-17-23(25(24)27(29)31)19-10-6-3-7-11-19/h2-17,22-25H,1H3/t22-,23-,24+,25+/m0/s1. The van der Waals surface area contributed by atoms with Crippen LogP contribution in [-0.2, 0) is 14.3 Å². The second kappa shape index (κ2) is 8.51. The number of imide groups is 1. The van der Waals surface area contributed by atoms with Crippen LogP contribution in [0.5, 0.6) is 0 Å². The molecule has 0 radical (unpaired) electrons. The van der Waals surface area contributed by atoms with Crippen LogP contribution in [0.1, 0.15) is 33.3 Å². The number of anilines is 1. The highest BCUT2D eigenvalue weighted by Gasteiger charge is 2.55. The highest BCUT2D eigenvalue weighted by Crippen LogP contribution is 2.50. The number of ether oxygens (including phenoxy) is 1. The Bertz CT molecular complexity index is 1150. The van der Waals surface area contributed by atoms with E-state index in [4.69, 9.17) is 4.74 Å². The number of amides is 2. The van der Waals surface area contributed by atoms with Gasteiger partial charge in [-0.2, -0.15) is 0 Å². The number of rotatable bonds is 4. The van der Waals surface area contributed by atoms with E-state index in [1.165, 1.54) is 12.0 Å². The van der Waals surface area contributed by atoms with E-state index < -0.39 is 17.8 Å². The molecule has 0 spiro atoms. The van der Waals surface area contributed by atoms with E-state index in [9.17, 15) is 14.4 Å². The van der Waals surface area contributed by atoms with Crippen molar-refractivity contribution in [1.29, 1.82) is 0 Å². The first-order valence-corrected chi connectivity index (χ1v) is 10.9. The van der Waals surface area contributed by atoms with Gasteiger partial charge in [-0.05, 0) is 35.4 Å². The van der Waals surface area contributed by atoms with E-state index in [1.807, 2.05) is 60.7 Å². The molecule has 5 rings (SSSR count). The number of esters is 1. The van der Waals surface area contributed by atoms with Crippen LogP contribution in [0.2, 0.25) is 0 Å². The van der Waals surface area contributed by atoms with Gasteiger partial charge in [0.2, 0.25) is 11.8 Å². The minimum absolute atomic E-state index is 0.188. The number of hydrogen-bond donors (Lipinski definition) is 0. The van der Waals surface area contributed by atoms with Crippen molar-refractivity contribution in [3.63, 3.8) is 0 Å². The Morgan fingerprint density at radius 1 is 0.697 bits per heavy atom. The van der Waals surface area contributed by atoms with Gasteiger partial charge in [-0.15, -0.1) is 0 Å². The Morgan fingerprint density at radius 2 is 1.15 bits per heavy atom. The van der Waals surface area contributed by atoms with Gasteiger partial charge >= 0.3 is 5.97 Å². The van der Waals surface area contributed by atoms with Crippen molar-refractivity contribution in [1.82, 2.24) is 0 Å². The van der Waals surface area contributed by atoms with Gasteiger partial charge in [0.25, 0.3) is 0 Å². The first-order chi connectivity index (χ1) is 16.1. The van der Waals surface area contributed by atoms with Crippen molar-refractivity contribution >= 4 is 23.5 Å². The van der Waals surface area contributed by atoms with E-state index in [0.29, 0.717) is 11.3 Å². The Kier molecular flexibility index (Phi) is 5.38. The number of methoxy groups -OCH3 is 1. The number of carbonyl (C=O) groups excluding carboxylic acids is 3. The van der Waals surface area contributed by atoms with Gasteiger partial charge in [0.15, 0.2) is 0 Å². The van der Waals surface area contributed by atoms with Crippen LogP contribution in [0.3, 0.4) is 0 Å². The SMILES string of the molecule is COC(=O)c1ccc(N2C(=O)[C@H]3[C@H](C2=O)[C@H](c2ccccc2)C=C[C@H]3c2ccccc2)cc1. The summed E-state index contributed by atoms with van der Waals surface area (Å²) in [4.78, 5) is 40.6. The second-order valence-corrected chi connectivity index (χ2v) is 8.36. The minimum atomic E-state index is -0.504. The molecule has 0 aromatic heterocycles. The predicted molar refractivity (Wildman–Crippen MR) is 125 cm³/mol. The van der Waals surface area contributed by atoms with Gasteiger partial charge in [-0.25, -0.2) is 9.69 Å². The van der Waals surface area contributed by atoms with E-state index in [-0.39, 0.29) is 23.7 Å². The molecule has 1 heterocycles. The largest absolute Gasteiger partial charge is 0.465 e. The van der Waals surface area contributed by atoms with Crippen LogP contribution >= 0.6 is 0 Å². The molecule has 0 saturated carbocycles. The third-order valence-electron chi connectivity index (χ3n) is 6.61. The van der Waals surface area contributed by atoms with Gasteiger partial charge in [0.05, 0.1) is 30.2 Å². The number of fused-ring (bicyclic) bond motifs is 1. The molecule has 3 aromatic rings. The van der Waals surface area contributed by atoms with Crippen LogP contribution in [0, 0.1) is 11.8 Å². The molecule has 164 valence electrons. The average molecular weight is 437 g/mol. The fraction of sp³-hybridized carbons (Fsp3) is 0.179. The molecule has 4 atom stereocenters. The fourth-order valence-electron chi connectivity index (χ4n) is 5.05. The molecule has 0 N–H and O–H groups in total. The predicted octanol–water partition coefficient (Wildman–Crippen LogP) is 4.72. The van der Waals surface area contributed by atoms with E-state index in [1.54, 1.807) is 24.3 Å². The Labute approximate surface area is 192 Å². The summed E-state index contributed by atoms with van der Waals surface area (Å²) in [7, 11) is 1.31. The summed E-state index contributed by atoms with van der Waals surface area (Å²) in [6, 6.07) is 26.1. The first kappa shape index (κ1) is 20.9. The monoisotopic (exact) mass is 437 g/mol. The summed E-state index contributed by atoms with van der Waals surface area (Å²) in [5.41, 5.74) is 2.85. The number of carbonyl (C=O) groups is 3. The highest BCUT2D eigenvalue weighted by atomic mass is 16.5. The number of allylic oxidation sites excluding steroid dienone is 2. The summed E-state index contributed by atoms with van der Waals surface area (Å²) in [6.07, 6.45) is 4.15. The third-order valence-corrected chi connectivity index (χ3v) is 6.61. The van der Waals surface area contributed by atoms with Crippen molar-refractivity contribution < 1.29 is 19.1 Å². The number of nitrogens with zero attached hydrogens (tertiary/aromatic N) is 1. The van der Waals surface area contributed by atoms with Crippen molar-refractivity contribution in [3.05, 3.63) is 114 Å². The quantitative estimate of drug-likeness (QED) is 0.337. The summed E-state index contributed by atoms with van der Waals surface area (Å²) in [5, 5.41) is 0. The lowest BCUT2D eigenvalue weighted by Gasteiger charge is -2.32. The summed E-state index contributed by atoms with van der Waals surface area (Å²) < 4.78 is 4.75. The molecular formula is C28H23NO4. The molecule has 2 amide bonds. The normalized spacial score (nSPS) is 24.0. The molecule has 0 bridgehead atoms. The smallest absolute Gasteiger partial charge is 0.337 e. The van der Waals surface area contributed by atoms with Crippen molar-refractivity contribution in [3.8, 4) is 0 Å². The van der Waals surface area contributed by atoms with Crippen LogP contribution in [0.4, 0.5) is 5.69 Å². The molecule has 5 heteroatoms. The maximum absolute atomic E-state index is 13.8. The molecule has 1 fully saturated rings. The van der Waals surface area contributed by atoms with Crippen molar-refractivity contribution in [2.24, 2.45) is 11.8 Å². The van der Waals surface area contributed by atoms with Crippen LogP contribution < -0.4 is 4.90 Å². The van der Waals surface area contributed by atoms with Gasteiger partial charge in [0.1, 0.15) is 0 Å². The summed E-state index contributed by atoms with van der Waals surface area (Å²) in [5.74, 6) is -2.28. The fourth-order valence-corrected chi connectivity index (χ4v) is 5.05.